The molecule has 2 N–H and O–H groups in total. The number of ether oxygens (including phenoxy) is 1. The van der Waals surface area contributed by atoms with Crippen molar-refractivity contribution in [2.24, 2.45) is 10.4 Å². The van der Waals surface area contributed by atoms with Gasteiger partial charge in [-0.25, -0.2) is 4.99 Å². The van der Waals surface area contributed by atoms with E-state index in [9.17, 15) is 0 Å². The smallest absolute Gasteiger partial charge is 0.191 e. The van der Waals surface area contributed by atoms with E-state index in [1.54, 1.807) is 7.11 Å². The molecule has 3 rings (SSSR count). The highest BCUT2D eigenvalue weighted by Crippen LogP contribution is 2.42. The topological polar surface area (TPSA) is 76.4 Å². The fourth-order valence-corrected chi connectivity index (χ4v) is 3.65. The van der Waals surface area contributed by atoms with Crippen LogP contribution in [0.5, 0.6) is 0 Å². The molecule has 2 aliphatic rings. The maximum absolute atomic E-state index is 5.53. The zero-order chi connectivity index (χ0) is 17.2. The van der Waals surface area contributed by atoms with Crippen LogP contribution in [0.3, 0.4) is 0 Å². The predicted molar refractivity (Wildman–Crippen MR) is 93.9 cm³/mol. The molecular weight excluding hydrogens is 304 g/mol. The van der Waals surface area contributed by atoms with Crippen LogP contribution in [0, 0.1) is 5.41 Å². The summed E-state index contributed by atoms with van der Waals surface area (Å²) in [7, 11) is 1.79. The van der Waals surface area contributed by atoms with Crippen molar-refractivity contribution in [1.29, 1.82) is 0 Å². The summed E-state index contributed by atoms with van der Waals surface area (Å²) in [6.45, 7) is 8.97. The van der Waals surface area contributed by atoms with E-state index in [4.69, 9.17) is 9.73 Å². The number of hydrogen-bond acceptors (Lipinski definition) is 4. The number of hydrogen-bond donors (Lipinski definition) is 2. The van der Waals surface area contributed by atoms with Crippen LogP contribution in [-0.2, 0) is 24.2 Å². The fraction of sp³-hybridized carbons (Fsp3) is 0.824. The second-order valence-electron chi connectivity index (χ2n) is 7.31. The number of nitrogens with one attached hydrogen (secondary N) is 2. The quantitative estimate of drug-likeness (QED) is 0.630. The highest BCUT2D eigenvalue weighted by molar-refractivity contribution is 5.80. The molecule has 0 amide bonds. The summed E-state index contributed by atoms with van der Waals surface area (Å²) < 4.78 is 7.76. The molecule has 134 valence electrons. The largest absolute Gasteiger partial charge is 0.381 e. The molecule has 1 aliphatic heterocycles. The van der Waals surface area contributed by atoms with Crippen molar-refractivity contribution in [2.75, 3.05) is 13.7 Å². The van der Waals surface area contributed by atoms with Gasteiger partial charge in [-0.15, -0.1) is 10.2 Å². The molecule has 7 nitrogen and oxygen atoms in total. The first-order chi connectivity index (χ1) is 11.6. The molecule has 7 heteroatoms. The molecule has 0 bridgehead atoms. The highest BCUT2D eigenvalue weighted by Gasteiger charge is 2.48. The normalized spacial score (nSPS) is 25.8. The summed E-state index contributed by atoms with van der Waals surface area (Å²) in [5, 5.41) is 15.5. The van der Waals surface area contributed by atoms with Gasteiger partial charge in [0.05, 0.1) is 6.10 Å². The molecule has 1 aromatic rings. The maximum Gasteiger partial charge on any atom is 0.191 e. The lowest BCUT2D eigenvalue weighted by Gasteiger charge is -2.51. The van der Waals surface area contributed by atoms with E-state index in [1.165, 1.54) is 12.8 Å². The molecule has 1 aliphatic carbocycles. The molecule has 1 aromatic heterocycles. The average Bonchev–Trinajstić information content (AvgIpc) is 2.99. The van der Waals surface area contributed by atoms with Crippen LogP contribution in [0.25, 0.3) is 0 Å². The molecule has 0 spiro atoms. The average molecular weight is 334 g/mol. The van der Waals surface area contributed by atoms with Gasteiger partial charge in [-0.2, -0.15) is 0 Å². The van der Waals surface area contributed by atoms with Gasteiger partial charge in [0.1, 0.15) is 12.4 Å². The number of rotatable bonds is 5. The van der Waals surface area contributed by atoms with E-state index >= 15 is 0 Å². The summed E-state index contributed by atoms with van der Waals surface area (Å²) >= 11 is 0. The van der Waals surface area contributed by atoms with Crippen LogP contribution >= 0.6 is 0 Å². The third-order valence-corrected chi connectivity index (χ3v) is 5.43. The number of aliphatic imine (C=N–C) groups is 1. The Morgan fingerprint density at radius 3 is 2.92 bits per heavy atom. The second kappa shape index (κ2) is 7.09. The van der Waals surface area contributed by atoms with Crippen molar-refractivity contribution >= 4 is 5.96 Å². The van der Waals surface area contributed by atoms with Gasteiger partial charge < -0.3 is 19.9 Å². The number of nitrogens with zero attached hydrogens (tertiary/aromatic N) is 4. The SMILES string of the molecule is CCNC(=NCc1nnc2n1CCCC2)NC1CC(OC)C1(C)C. The van der Waals surface area contributed by atoms with Gasteiger partial charge in [0.2, 0.25) is 0 Å². The fourth-order valence-electron chi connectivity index (χ4n) is 3.65. The molecule has 2 heterocycles. The Labute approximate surface area is 144 Å². The standard InChI is InChI=1S/C17H30N6O/c1-5-18-16(20-12-10-13(24-4)17(12,2)3)19-11-15-22-21-14-8-6-7-9-23(14)15/h12-13H,5-11H2,1-4H3,(H2,18,19,20). The summed E-state index contributed by atoms with van der Waals surface area (Å²) in [5.41, 5.74) is 0.110. The summed E-state index contributed by atoms with van der Waals surface area (Å²) in [5.74, 6) is 2.91. The predicted octanol–water partition coefficient (Wildman–Crippen LogP) is 1.48. The van der Waals surface area contributed by atoms with Crippen LogP contribution < -0.4 is 10.6 Å². The minimum absolute atomic E-state index is 0.110. The molecule has 1 saturated carbocycles. The lowest BCUT2D eigenvalue weighted by molar-refractivity contribution is -0.0922. The third-order valence-electron chi connectivity index (χ3n) is 5.43. The molecule has 1 fully saturated rings. The van der Waals surface area contributed by atoms with E-state index in [1.807, 2.05) is 0 Å². The summed E-state index contributed by atoms with van der Waals surface area (Å²) in [6, 6.07) is 0.368. The molecule has 0 saturated heterocycles. The Morgan fingerprint density at radius 1 is 1.38 bits per heavy atom. The Balaban J connectivity index is 1.65. The lowest BCUT2D eigenvalue weighted by atomic mass is 9.64. The highest BCUT2D eigenvalue weighted by atomic mass is 16.5. The van der Waals surface area contributed by atoms with Gasteiger partial charge in [-0.3, -0.25) is 0 Å². The van der Waals surface area contributed by atoms with E-state index in [0.29, 0.717) is 18.7 Å². The number of methoxy groups -OCH3 is 1. The van der Waals surface area contributed by atoms with Crippen molar-refractivity contribution in [3.8, 4) is 0 Å². The first-order valence-electron chi connectivity index (χ1n) is 9.04. The zero-order valence-electron chi connectivity index (χ0n) is 15.3. The van der Waals surface area contributed by atoms with Gasteiger partial charge in [0.25, 0.3) is 0 Å². The minimum Gasteiger partial charge on any atom is -0.381 e. The van der Waals surface area contributed by atoms with E-state index in [0.717, 1.165) is 43.5 Å². The molecule has 0 aromatic carbocycles. The van der Waals surface area contributed by atoms with Gasteiger partial charge in [0, 0.05) is 38.1 Å². The second-order valence-corrected chi connectivity index (χ2v) is 7.31. The number of aryl methyl sites for hydroxylation is 1. The molecule has 0 radical (unpaired) electrons. The maximum atomic E-state index is 5.53. The molecular formula is C17H30N6O. The van der Waals surface area contributed by atoms with Crippen molar-refractivity contribution in [3.05, 3.63) is 11.6 Å². The monoisotopic (exact) mass is 334 g/mol. The molecule has 24 heavy (non-hydrogen) atoms. The van der Waals surface area contributed by atoms with Crippen LogP contribution in [0.15, 0.2) is 4.99 Å². The number of fused-ring (bicyclic) bond motifs is 1. The van der Waals surface area contributed by atoms with E-state index in [2.05, 4.69) is 46.2 Å². The Morgan fingerprint density at radius 2 is 2.21 bits per heavy atom. The molecule has 2 atom stereocenters. The minimum atomic E-state index is 0.110. The first-order valence-corrected chi connectivity index (χ1v) is 9.04. The van der Waals surface area contributed by atoms with Crippen molar-refractivity contribution in [2.45, 2.75) is 71.7 Å². The summed E-state index contributed by atoms with van der Waals surface area (Å²) in [6.07, 6.45) is 4.76. The van der Waals surface area contributed by atoms with Crippen LogP contribution in [-0.4, -0.2) is 46.5 Å². The van der Waals surface area contributed by atoms with Gasteiger partial charge in [-0.05, 0) is 26.2 Å². The lowest BCUT2D eigenvalue weighted by Crippen LogP contribution is -2.63. The Hall–Kier alpha value is -1.63. The van der Waals surface area contributed by atoms with E-state index in [-0.39, 0.29) is 5.41 Å². The summed E-state index contributed by atoms with van der Waals surface area (Å²) in [4.78, 5) is 4.73. The van der Waals surface area contributed by atoms with Gasteiger partial charge in [0.15, 0.2) is 11.8 Å². The number of aromatic nitrogens is 3. The van der Waals surface area contributed by atoms with Crippen LogP contribution in [0.1, 0.15) is 51.7 Å². The first kappa shape index (κ1) is 17.2. The van der Waals surface area contributed by atoms with Crippen molar-refractivity contribution in [1.82, 2.24) is 25.4 Å². The van der Waals surface area contributed by atoms with Crippen LogP contribution in [0.2, 0.25) is 0 Å². The zero-order valence-corrected chi connectivity index (χ0v) is 15.3. The van der Waals surface area contributed by atoms with E-state index < -0.39 is 0 Å². The molecule has 2 unspecified atom stereocenters. The Bertz CT molecular complexity index is 594. The van der Waals surface area contributed by atoms with Crippen molar-refractivity contribution in [3.63, 3.8) is 0 Å². The van der Waals surface area contributed by atoms with Crippen LogP contribution in [0.4, 0.5) is 0 Å². The van der Waals surface area contributed by atoms with Gasteiger partial charge in [-0.1, -0.05) is 13.8 Å². The Kier molecular flexibility index (Phi) is 5.08. The number of guanidine groups is 1. The van der Waals surface area contributed by atoms with Crippen molar-refractivity contribution < 1.29 is 4.74 Å². The van der Waals surface area contributed by atoms with Gasteiger partial charge >= 0.3 is 0 Å². The third kappa shape index (κ3) is 3.27.